The molecule has 13 heteroatoms. The van der Waals surface area contributed by atoms with E-state index in [1.54, 1.807) is 13.8 Å². The highest BCUT2D eigenvalue weighted by atomic mass is 35.5. The SMILES string of the molecule is CC(C)Oc1cc(N(CC(=O)Nc2cccc(C(F)(F)F)c2)S(=O)(=O)c2ccc(Cl)cc2)c(Cl)cc1Cl. The lowest BCUT2D eigenvalue weighted by molar-refractivity contribution is -0.137. The van der Waals surface area contributed by atoms with Crippen molar-refractivity contribution >= 4 is 62.1 Å². The number of nitrogens with zero attached hydrogens (tertiary/aromatic N) is 1. The monoisotopic (exact) mass is 594 g/mol. The summed E-state index contributed by atoms with van der Waals surface area (Å²) in [6.45, 7) is 2.63. The van der Waals surface area contributed by atoms with Crippen LogP contribution in [0.15, 0.2) is 65.6 Å². The number of carbonyl (C=O) groups excluding carboxylic acids is 1. The van der Waals surface area contributed by atoms with Crippen molar-refractivity contribution in [1.82, 2.24) is 0 Å². The van der Waals surface area contributed by atoms with Crippen LogP contribution < -0.4 is 14.4 Å². The molecule has 0 aliphatic rings. The Morgan fingerprint density at radius 3 is 2.24 bits per heavy atom. The Morgan fingerprint density at radius 1 is 1.00 bits per heavy atom. The summed E-state index contributed by atoms with van der Waals surface area (Å²) in [5.41, 5.74) is -1.28. The lowest BCUT2D eigenvalue weighted by Gasteiger charge is -2.26. The average Bonchev–Trinajstić information content (AvgIpc) is 2.79. The van der Waals surface area contributed by atoms with Gasteiger partial charge in [-0.3, -0.25) is 9.10 Å². The number of halogens is 6. The minimum absolute atomic E-state index is 0.106. The minimum atomic E-state index is -4.63. The van der Waals surface area contributed by atoms with Gasteiger partial charge in [0.2, 0.25) is 5.91 Å². The van der Waals surface area contributed by atoms with Gasteiger partial charge in [-0.2, -0.15) is 13.2 Å². The quantitative estimate of drug-likeness (QED) is 0.297. The molecule has 1 amide bonds. The van der Waals surface area contributed by atoms with E-state index >= 15 is 0 Å². The van der Waals surface area contributed by atoms with E-state index in [0.29, 0.717) is 4.31 Å². The summed E-state index contributed by atoms with van der Waals surface area (Å²) in [5, 5.41) is 2.59. The standard InChI is InChI=1S/C24H20Cl3F3N2O4S/c1-14(2)36-22-12-21(19(26)11-20(22)27)32(37(34,35)18-8-6-16(25)7-9-18)13-23(33)31-17-5-3-4-15(10-17)24(28,29)30/h3-12,14H,13H2,1-2H3,(H,31,33). The molecule has 0 radical (unpaired) electrons. The molecule has 0 unspecified atom stereocenters. The van der Waals surface area contributed by atoms with Crippen LogP contribution in [0.25, 0.3) is 0 Å². The van der Waals surface area contributed by atoms with Crippen LogP contribution in [0.1, 0.15) is 19.4 Å². The normalized spacial score (nSPS) is 11.9. The second-order valence-electron chi connectivity index (χ2n) is 7.99. The summed E-state index contributed by atoms with van der Waals surface area (Å²) >= 11 is 18.4. The van der Waals surface area contributed by atoms with Crippen molar-refractivity contribution in [2.24, 2.45) is 0 Å². The van der Waals surface area contributed by atoms with E-state index in [1.807, 2.05) is 0 Å². The predicted molar refractivity (Wildman–Crippen MR) is 138 cm³/mol. The molecule has 3 rings (SSSR count). The number of anilines is 2. The number of hydrogen-bond donors (Lipinski definition) is 1. The molecule has 0 bridgehead atoms. The molecular formula is C24H20Cl3F3N2O4S. The van der Waals surface area contributed by atoms with Gasteiger partial charge in [-0.1, -0.05) is 40.9 Å². The van der Waals surface area contributed by atoms with E-state index < -0.39 is 34.2 Å². The van der Waals surface area contributed by atoms with Crippen molar-refractivity contribution in [1.29, 1.82) is 0 Å². The highest BCUT2D eigenvalue weighted by Crippen LogP contribution is 2.39. The second-order valence-corrected chi connectivity index (χ2v) is 11.1. The highest BCUT2D eigenvalue weighted by Gasteiger charge is 2.32. The van der Waals surface area contributed by atoms with Crippen LogP contribution in [-0.4, -0.2) is 27.0 Å². The van der Waals surface area contributed by atoms with Gasteiger partial charge in [-0.25, -0.2) is 8.42 Å². The molecular weight excluding hydrogens is 576 g/mol. The fraction of sp³-hybridized carbons (Fsp3) is 0.208. The van der Waals surface area contributed by atoms with Gasteiger partial charge >= 0.3 is 6.18 Å². The average molecular weight is 596 g/mol. The van der Waals surface area contributed by atoms with Crippen LogP contribution in [0.4, 0.5) is 24.5 Å². The maximum absolute atomic E-state index is 13.6. The first-order valence-electron chi connectivity index (χ1n) is 10.6. The topological polar surface area (TPSA) is 75.7 Å². The predicted octanol–water partition coefficient (Wildman–Crippen LogP) is 7.29. The molecule has 0 aliphatic heterocycles. The number of alkyl halides is 3. The first-order valence-corrected chi connectivity index (χ1v) is 13.2. The third-order valence-electron chi connectivity index (χ3n) is 4.80. The summed E-state index contributed by atoms with van der Waals surface area (Å²) in [5.74, 6) is -0.806. The fourth-order valence-electron chi connectivity index (χ4n) is 3.19. The molecule has 6 nitrogen and oxygen atoms in total. The number of hydrogen-bond acceptors (Lipinski definition) is 4. The van der Waals surface area contributed by atoms with Crippen LogP contribution in [0.2, 0.25) is 15.1 Å². The zero-order valence-electron chi connectivity index (χ0n) is 19.3. The molecule has 0 spiro atoms. The van der Waals surface area contributed by atoms with Gasteiger partial charge in [-0.15, -0.1) is 0 Å². The summed E-state index contributed by atoms with van der Waals surface area (Å²) in [4.78, 5) is 12.7. The number of ether oxygens (including phenoxy) is 1. The van der Waals surface area contributed by atoms with Crippen LogP contribution in [0.3, 0.4) is 0 Å². The summed E-state index contributed by atoms with van der Waals surface area (Å²) < 4.78 is 72.8. The Morgan fingerprint density at radius 2 is 1.65 bits per heavy atom. The van der Waals surface area contributed by atoms with Gasteiger partial charge < -0.3 is 10.1 Å². The van der Waals surface area contributed by atoms with E-state index in [0.717, 1.165) is 18.2 Å². The number of nitrogens with one attached hydrogen (secondary N) is 1. The van der Waals surface area contributed by atoms with Crippen LogP contribution in [0, 0.1) is 0 Å². The summed E-state index contributed by atoms with van der Waals surface area (Å²) in [7, 11) is -4.42. The molecule has 0 saturated carbocycles. The van der Waals surface area contributed by atoms with Gasteiger partial charge in [0.15, 0.2) is 0 Å². The van der Waals surface area contributed by atoms with Crippen molar-refractivity contribution < 1.29 is 31.1 Å². The number of benzene rings is 3. The van der Waals surface area contributed by atoms with Gasteiger partial charge in [-0.05, 0) is 62.4 Å². The molecule has 0 aromatic heterocycles. The van der Waals surface area contributed by atoms with Crippen molar-refractivity contribution in [2.75, 3.05) is 16.2 Å². The van der Waals surface area contributed by atoms with Gasteiger partial charge in [0.05, 0.1) is 32.3 Å². The first kappa shape index (κ1) is 28.9. The molecule has 198 valence electrons. The van der Waals surface area contributed by atoms with Gasteiger partial charge in [0.1, 0.15) is 12.3 Å². The molecule has 37 heavy (non-hydrogen) atoms. The Labute approximate surface area is 226 Å². The van der Waals surface area contributed by atoms with E-state index in [-0.39, 0.29) is 43.2 Å². The Balaban J connectivity index is 2.05. The fourth-order valence-corrected chi connectivity index (χ4v) is 5.33. The van der Waals surface area contributed by atoms with Crippen molar-refractivity contribution in [3.8, 4) is 5.75 Å². The molecule has 1 N–H and O–H groups in total. The van der Waals surface area contributed by atoms with E-state index in [4.69, 9.17) is 39.5 Å². The third kappa shape index (κ3) is 7.22. The molecule has 0 saturated heterocycles. The van der Waals surface area contributed by atoms with Crippen molar-refractivity contribution in [2.45, 2.75) is 31.0 Å². The molecule has 0 fully saturated rings. The Kier molecular flexibility index (Phi) is 8.89. The molecule has 0 aliphatic carbocycles. The van der Waals surface area contributed by atoms with Gasteiger partial charge in [0.25, 0.3) is 10.0 Å². The van der Waals surface area contributed by atoms with Crippen LogP contribution in [0.5, 0.6) is 5.75 Å². The number of carbonyl (C=O) groups is 1. The maximum atomic E-state index is 13.6. The van der Waals surface area contributed by atoms with Crippen LogP contribution >= 0.6 is 34.8 Å². The molecule has 3 aromatic carbocycles. The maximum Gasteiger partial charge on any atom is 0.416 e. The zero-order valence-corrected chi connectivity index (χ0v) is 22.4. The largest absolute Gasteiger partial charge is 0.489 e. The van der Waals surface area contributed by atoms with E-state index in [1.165, 1.54) is 42.5 Å². The molecule has 3 aromatic rings. The van der Waals surface area contributed by atoms with Gasteiger partial charge in [0, 0.05) is 16.8 Å². The summed E-state index contributed by atoms with van der Waals surface area (Å²) in [6, 6.07) is 11.7. The lowest BCUT2D eigenvalue weighted by Crippen LogP contribution is -2.38. The van der Waals surface area contributed by atoms with Crippen LogP contribution in [-0.2, 0) is 21.0 Å². The second kappa shape index (κ2) is 11.4. The number of amides is 1. The molecule has 0 atom stereocenters. The molecule has 0 heterocycles. The summed E-state index contributed by atoms with van der Waals surface area (Å²) in [6.07, 6.45) is -4.95. The minimum Gasteiger partial charge on any atom is -0.489 e. The number of sulfonamides is 1. The Hall–Kier alpha value is -2.66. The van der Waals surface area contributed by atoms with E-state index in [2.05, 4.69) is 5.32 Å². The van der Waals surface area contributed by atoms with Crippen molar-refractivity contribution in [3.63, 3.8) is 0 Å². The van der Waals surface area contributed by atoms with Crippen molar-refractivity contribution in [3.05, 3.63) is 81.3 Å². The van der Waals surface area contributed by atoms with E-state index in [9.17, 15) is 26.4 Å². The smallest absolute Gasteiger partial charge is 0.416 e. The Bertz CT molecular complexity index is 1400. The first-order chi connectivity index (χ1) is 17.2. The third-order valence-corrected chi connectivity index (χ3v) is 7.42. The zero-order chi connectivity index (χ0) is 27.5. The lowest BCUT2D eigenvalue weighted by atomic mass is 10.2. The number of rotatable bonds is 8. The highest BCUT2D eigenvalue weighted by molar-refractivity contribution is 7.92.